The quantitative estimate of drug-likeness (QED) is 0.287. The molecule has 0 radical (unpaired) electrons. The average Bonchev–Trinajstić information content (AvgIpc) is 3.45. The van der Waals surface area contributed by atoms with Gasteiger partial charge in [-0.1, -0.05) is 23.7 Å². The molecule has 1 amide bonds. The normalized spacial score (nSPS) is 20.0. The monoisotopic (exact) mass is 426 g/mol. The Morgan fingerprint density at radius 1 is 1.23 bits per heavy atom. The lowest BCUT2D eigenvalue weighted by Gasteiger charge is -2.29. The highest BCUT2D eigenvalue weighted by Crippen LogP contribution is 2.42. The number of amides is 1. The third kappa shape index (κ3) is 4.65. The summed E-state index contributed by atoms with van der Waals surface area (Å²) in [5.74, 6) is -0.202. The van der Waals surface area contributed by atoms with Crippen LogP contribution in [0.15, 0.2) is 59.1 Å². The second-order valence-electron chi connectivity index (χ2n) is 7.99. The van der Waals surface area contributed by atoms with E-state index in [0.717, 1.165) is 24.7 Å². The topological polar surface area (TPSA) is 76.5 Å². The van der Waals surface area contributed by atoms with Gasteiger partial charge >= 0.3 is 0 Å². The number of aldehydes is 1. The molecular weight excluding hydrogens is 400 g/mol. The molecule has 6 nitrogen and oxygen atoms in total. The molecule has 30 heavy (non-hydrogen) atoms. The SMILES string of the molecule is CC(=N)C1=C(NC2CC2)C(=O)N(C(/C=C(/C)C=O)=C/N(C)C)C1c1ccc(Cl)cc1. The number of hydrogen-bond donors (Lipinski definition) is 2. The van der Waals surface area contributed by atoms with Gasteiger partial charge in [-0.05, 0) is 56.0 Å². The molecule has 0 bridgehead atoms. The molecule has 0 saturated heterocycles. The van der Waals surface area contributed by atoms with Crippen LogP contribution in [-0.4, -0.2) is 47.8 Å². The van der Waals surface area contributed by atoms with Crippen molar-refractivity contribution in [1.29, 1.82) is 5.41 Å². The number of hydrogen-bond acceptors (Lipinski definition) is 5. The van der Waals surface area contributed by atoms with E-state index in [0.29, 0.717) is 33.3 Å². The fourth-order valence-electron chi connectivity index (χ4n) is 3.51. The van der Waals surface area contributed by atoms with Gasteiger partial charge in [-0.25, -0.2) is 0 Å². The summed E-state index contributed by atoms with van der Waals surface area (Å²) in [5, 5.41) is 12.4. The third-order valence-electron chi connectivity index (χ3n) is 4.98. The first-order valence-electron chi connectivity index (χ1n) is 9.90. The second kappa shape index (κ2) is 8.88. The largest absolute Gasteiger partial charge is 0.382 e. The minimum Gasteiger partial charge on any atom is -0.382 e. The van der Waals surface area contributed by atoms with E-state index in [9.17, 15) is 9.59 Å². The number of nitrogens with one attached hydrogen (secondary N) is 2. The maximum atomic E-state index is 13.6. The number of benzene rings is 1. The fourth-order valence-corrected chi connectivity index (χ4v) is 3.64. The zero-order valence-electron chi connectivity index (χ0n) is 17.7. The summed E-state index contributed by atoms with van der Waals surface area (Å²) in [5.41, 5.74) is 3.38. The standard InChI is InChI=1S/C23H27ClN4O2/c1-14(13-29)11-19(12-27(3)4)28-22(16-5-7-17(24)8-6-16)20(15(2)25)21(23(28)30)26-18-9-10-18/h5-8,11-13,18,22,25-26H,9-10H2,1-4H3/b14-11-,19-12+,25-15?. The van der Waals surface area contributed by atoms with Gasteiger partial charge in [-0.15, -0.1) is 0 Å². The Balaban J connectivity index is 2.20. The molecule has 2 N–H and O–H groups in total. The molecule has 1 aromatic rings. The molecule has 3 rings (SSSR count). The molecule has 2 aliphatic rings. The zero-order valence-corrected chi connectivity index (χ0v) is 18.5. The summed E-state index contributed by atoms with van der Waals surface area (Å²) in [6, 6.07) is 7.09. The molecule has 1 aliphatic carbocycles. The predicted molar refractivity (Wildman–Crippen MR) is 119 cm³/mol. The fraction of sp³-hybridized carbons (Fsp3) is 0.348. The molecule has 158 valence electrons. The summed E-state index contributed by atoms with van der Waals surface area (Å²) < 4.78 is 0. The first-order valence-corrected chi connectivity index (χ1v) is 10.3. The van der Waals surface area contributed by atoms with Crippen LogP contribution >= 0.6 is 11.6 Å². The van der Waals surface area contributed by atoms with E-state index in [1.807, 2.05) is 37.3 Å². The number of nitrogens with zero attached hydrogens (tertiary/aromatic N) is 2. The first kappa shape index (κ1) is 21.8. The van der Waals surface area contributed by atoms with Crippen molar-refractivity contribution in [3.05, 3.63) is 69.7 Å². The van der Waals surface area contributed by atoms with Crippen LogP contribution in [0.5, 0.6) is 0 Å². The first-order chi connectivity index (χ1) is 14.2. The second-order valence-corrected chi connectivity index (χ2v) is 8.42. The molecule has 0 spiro atoms. The molecule has 0 aromatic heterocycles. The van der Waals surface area contributed by atoms with Gasteiger partial charge in [0.2, 0.25) is 0 Å². The Morgan fingerprint density at radius 3 is 2.37 bits per heavy atom. The van der Waals surface area contributed by atoms with Crippen molar-refractivity contribution in [2.75, 3.05) is 14.1 Å². The molecule has 1 heterocycles. The van der Waals surface area contributed by atoms with E-state index in [1.54, 1.807) is 37.0 Å². The van der Waals surface area contributed by atoms with Crippen LogP contribution in [0.1, 0.15) is 38.3 Å². The van der Waals surface area contributed by atoms with Gasteiger partial charge in [-0.3, -0.25) is 14.5 Å². The van der Waals surface area contributed by atoms with Crippen LogP contribution in [0.4, 0.5) is 0 Å². The van der Waals surface area contributed by atoms with Gasteiger partial charge < -0.3 is 15.6 Å². The van der Waals surface area contributed by atoms with Crippen LogP contribution in [0.3, 0.4) is 0 Å². The highest BCUT2D eigenvalue weighted by Gasteiger charge is 2.44. The van der Waals surface area contributed by atoms with Gasteiger partial charge in [0.25, 0.3) is 5.91 Å². The summed E-state index contributed by atoms with van der Waals surface area (Å²) in [7, 11) is 3.73. The predicted octanol–water partition coefficient (Wildman–Crippen LogP) is 3.82. The molecule has 7 heteroatoms. The van der Waals surface area contributed by atoms with Gasteiger partial charge in [-0.2, -0.15) is 0 Å². The Kier molecular flexibility index (Phi) is 6.46. The molecule has 1 fully saturated rings. The van der Waals surface area contributed by atoms with Gasteiger partial charge in [0, 0.05) is 42.6 Å². The highest BCUT2D eigenvalue weighted by molar-refractivity contribution is 6.30. The molecule has 1 atom stereocenters. The van der Waals surface area contributed by atoms with Crippen molar-refractivity contribution in [2.45, 2.75) is 38.8 Å². The summed E-state index contributed by atoms with van der Waals surface area (Å²) in [4.78, 5) is 28.4. The molecule has 1 aromatic carbocycles. The van der Waals surface area contributed by atoms with Gasteiger partial charge in [0.15, 0.2) is 0 Å². The Hall–Kier alpha value is -2.86. The maximum Gasteiger partial charge on any atom is 0.275 e. The van der Waals surface area contributed by atoms with E-state index in [2.05, 4.69) is 5.32 Å². The number of carbonyl (C=O) groups excluding carboxylic acids is 2. The Morgan fingerprint density at radius 2 is 1.87 bits per heavy atom. The number of rotatable bonds is 8. The van der Waals surface area contributed by atoms with E-state index < -0.39 is 6.04 Å². The summed E-state index contributed by atoms with van der Waals surface area (Å²) >= 11 is 6.09. The minimum atomic E-state index is -0.490. The van der Waals surface area contributed by atoms with Crippen molar-refractivity contribution in [3.63, 3.8) is 0 Å². The van der Waals surface area contributed by atoms with Crippen LogP contribution in [0.25, 0.3) is 0 Å². The van der Waals surface area contributed by atoms with E-state index in [-0.39, 0.29) is 11.9 Å². The van der Waals surface area contributed by atoms with Crippen molar-refractivity contribution >= 4 is 29.5 Å². The maximum absolute atomic E-state index is 13.6. The highest BCUT2D eigenvalue weighted by atomic mass is 35.5. The lowest BCUT2D eigenvalue weighted by molar-refractivity contribution is -0.125. The molecule has 1 unspecified atom stereocenters. The van der Waals surface area contributed by atoms with Crippen molar-refractivity contribution < 1.29 is 9.59 Å². The van der Waals surface area contributed by atoms with E-state index in [1.165, 1.54) is 0 Å². The molecule has 1 aliphatic heterocycles. The smallest absolute Gasteiger partial charge is 0.275 e. The minimum absolute atomic E-state index is 0.202. The van der Waals surface area contributed by atoms with Gasteiger partial charge in [0.05, 0.1) is 11.7 Å². The molecule has 1 saturated carbocycles. The van der Waals surface area contributed by atoms with Crippen LogP contribution in [0.2, 0.25) is 5.02 Å². The average molecular weight is 427 g/mol. The van der Waals surface area contributed by atoms with E-state index >= 15 is 0 Å². The van der Waals surface area contributed by atoms with Crippen molar-refractivity contribution in [1.82, 2.24) is 15.1 Å². The Bertz CT molecular complexity index is 956. The lowest BCUT2D eigenvalue weighted by atomic mass is 9.95. The van der Waals surface area contributed by atoms with Crippen LogP contribution in [0, 0.1) is 5.41 Å². The number of carbonyl (C=O) groups is 2. The summed E-state index contributed by atoms with van der Waals surface area (Å²) in [6.07, 6.45) is 6.30. The van der Waals surface area contributed by atoms with Crippen LogP contribution < -0.4 is 5.32 Å². The van der Waals surface area contributed by atoms with Gasteiger partial charge in [0.1, 0.15) is 12.0 Å². The third-order valence-corrected chi connectivity index (χ3v) is 5.23. The lowest BCUT2D eigenvalue weighted by Crippen LogP contribution is -2.33. The molecular formula is C23H27ClN4O2. The van der Waals surface area contributed by atoms with Crippen molar-refractivity contribution in [2.24, 2.45) is 0 Å². The number of halogens is 1. The Labute approximate surface area is 182 Å². The number of allylic oxidation sites excluding steroid dienone is 2. The zero-order chi connectivity index (χ0) is 22.0. The van der Waals surface area contributed by atoms with E-state index in [4.69, 9.17) is 17.0 Å². The van der Waals surface area contributed by atoms with Crippen molar-refractivity contribution in [3.8, 4) is 0 Å². The van der Waals surface area contributed by atoms with Crippen LogP contribution in [-0.2, 0) is 9.59 Å². The summed E-state index contributed by atoms with van der Waals surface area (Å²) in [6.45, 7) is 3.40.